The van der Waals surface area contributed by atoms with Crippen molar-refractivity contribution in [3.05, 3.63) is 17.5 Å². The van der Waals surface area contributed by atoms with Crippen molar-refractivity contribution < 1.29 is 26.8 Å². The Labute approximate surface area is 119 Å². The molecule has 7 nitrogen and oxygen atoms in total. The lowest BCUT2D eigenvalue weighted by Crippen LogP contribution is -2.56. The van der Waals surface area contributed by atoms with Crippen LogP contribution in [0.25, 0.3) is 0 Å². The van der Waals surface area contributed by atoms with Crippen LogP contribution < -0.4 is 11.4 Å². The van der Waals surface area contributed by atoms with E-state index in [-0.39, 0.29) is 5.62 Å². The fourth-order valence-electron chi connectivity index (χ4n) is 1.87. The Hall–Kier alpha value is -1.49. The Morgan fingerprint density at radius 2 is 1.95 bits per heavy atom. The van der Waals surface area contributed by atoms with Crippen LogP contribution in [-0.4, -0.2) is 33.1 Å². The molecule has 0 spiro atoms. The molecule has 0 aliphatic carbocycles. The second kappa shape index (κ2) is 5.37. The first-order chi connectivity index (χ1) is 9.41. The van der Waals surface area contributed by atoms with E-state index in [1.807, 2.05) is 0 Å². The van der Waals surface area contributed by atoms with Gasteiger partial charge in [0, 0.05) is 18.9 Å². The second-order valence-electron chi connectivity index (χ2n) is 4.72. The maximum Gasteiger partial charge on any atom is 0.499 e. The second-order valence-corrected chi connectivity index (χ2v) is 7.01. The minimum atomic E-state index is -5.59. The number of alkyl halides is 3. The van der Waals surface area contributed by atoms with E-state index in [0.717, 1.165) is 4.57 Å². The van der Waals surface area contributed by atoms with E-state index in [4.69, 9.17) is 10.9 Å². The number of sulfone groups is 1. The van der Waals surface area contributed by atoms with Crippen molar-refractivity contribution in [2.75, 3.05) is 0 Å². The first kappa shape index (κ1) is 17.6. The van der Waals surface area contributed by atoms with Gasteiger partial charge in [0.25, 0.3) is 9.84 Å². The van der Waals surface area contributed by atoms with Gasteiger partial charge >= 0.3 is 5.51 Å². The van der Waals surface area contributed by atoms with Crippen molar-refractivity contribution >= 4 is 9.84 Å². The Kier molecular flexibility index (Phi) is 4.49. The summed E-state index contributed by atoms with van der Waals surface area (Å²) in [5.41, 5.74) is 0.512. The lowest BCUT2D eigenvalue weighted by atomic mass is 10.2. The van der Waals surface area contributed by atoms with Gasteiger partial charge in [0.1, 0.15) is 4.87 Å². The van der Waals surface area contributed by atoms with Crippen LogP contribution in [0.4, 0.5) is 13.2 Å². The van der Waals surface area contributed by atoms with Crippen molar-refractivity contribution in [1.29, 1.82) is 0 Å². The van der Waals surface area contributed by atoms with E-state index >= 15 is 0 Å². The molecule has 1 atom stereocenters. The van der Waals surface area contributed by atoms with Gasteiger partial charge in [0.15, 0.2) is 0 Å². The Balaban J connectivity index is 3.42. The number of aryl methyl sites for hydroxylation is 1. The van der Waals surface area contributed by atoms with Crippen molar-refractivity contribution in [3.63, 3.8) is 0 Å². The van der Waals surface area contributed by atoms with Crippen LogP contribution in [0.2, 0.25) is 0 Å². The third-order valence-corrected chi connectivity index (χ3v) is 5.49. The highest BCUT2D eigenvalue weighted by Gasteiger charge is 2.57. The third kappa shape index (κ3) is 2.79. The summed E-state index contributed by atoms with van der Waals surface area (Å²) in [7, 11) is -4.07. The summed E-state index contributed by atoms with van der Waals surface area (Å²) in [5.74, 6) is 0. The Bertz CT molecular complexity index is 689. The van der Waals surface area contributed by atoms with Crippen LogP contribution in [0.15, 0.2) is 11.4 Å². The number of hydrogen-bond donors (Lipinski definition) is 2. The molecule has 0 aliphatic rings. The van der Waals surface area contributed by atoms with Gasteiger partial charge in [-0.25, -0.2) is 8.42 Å². The number of hydrogen-bond acceptors (Lipinski definition) is 5. The van der Waals surface area contributed by atoms with Gasteiger partial charge in [-0.1, -0.05) is 12.1 Å². The molecule has 21 heavy (non-hydrogen) atoms. The van der Waals surface area contributed by atoms with Gasteiger partial charge in [-0.3, -0.25) is 0 Å². The van der Waals surface area contributed by atoms with Crippen LogP contribution in [0.3, 0.4) is 0 Å². The molecule has 0 saturated heterocycles. The SMILES string of the molecule is CCC(N)(Cn1cc(C)n(C)c1=NO)S(=O)(=O)C(F)(F)F. The molecule has 11 heteroatoms. The molecule has 1 unspecified atom stereocenters. The zero-order valence-electron chi connectivity index (χ0n) is 11.7. The van der Waals surface area contributed by atoms with Crippen LogP contribution in [0, 0.1) is 6.92 Å². The zero-order chi connectivity index (χ0) is 16.6. The maximum atomic E-state index is 12.7. The summed E-state index contributed by atoms with van der Waals surface area (Å²) >= 11 is 0. The van der Waals surface area contributed by atoms with E-state index in [2.05, 4.69) is 5.16 Å². The highest BCUT2D eigenvalue weighted by atomic mass is 32.2. The van der Waals surface area contributed by atoms with Crippen LogP contribution in [-0.2, 0) is 23.4 Å². The largest absolute Gasteiger partial charge is 0.499 e. The van der Waals surface area contributed by atoms with Gasteiger partial charge in [-0.2, -0.15) is 13.2 Å². The molecule has 0 amide bonds. The fourth-order valence-corrected chi connectivity index (χ4v) is 3.02. The van der Waals surface area contributed by atoms with E-state index < -0.39 is 33.2 Å². The fraction of sp³-hybridized carbons (Fsp3) is 0.700. The topological polar surface area (TPSA) is 103 Å². The molecule has 0 radical (unpaired) electrons. The van der Waals surface area contributed by atoms with Crippen LogP contribution in [0.1, 0.15) is 19.0 Å². The highest BCUT2D eigenvalue weighted by molar-refractivity contribution is 7.93. The van der Waals surface area contributed by atoms with Crippen molar-refractivity contribution in [1.82, 2.24) is 9.13 Å². The first-order valence-corrected chi connectivity index (χ1v) is 7.40. The quantitative estimate of drug-likeness (QED) is 0.617. The highest BCUT2D eigenvalue weighted by Crippen LogP contribution is 2.33. The number of nitrogens with two attached hydrogens (primary N) is 1. The first-order valence-electron chi connectivity index (χ1n) is 5.92. The van der Waals surface area contributed by atoms with Crippen molar-refractivity contribution in [2.45, 2.75) is 37.2 Å². The number of rotatable bonds is 4. The molecule has 0 aromatic carbocycles. The number of imidazole rings is 1. The number of nitrogens with zero attached hydrogens (tertiary/aromatic N) is 3. The maximum absolute atomic E-state index is 12.7. The molecular weight excluding hydrogens is 313 g/mol. The average Bonchev–Trinajstić information content (AvgIpc) is 2.62. The Morgan fingerprint density at radius 3 is 2.33 bits per heavy atom. The summed E-state index contributed by atoms with van der Waals surface area (Å²) in [6.07, 6.45) is 0.902. The predicted octanol–water partition coefficient (Wildman–Crippen LogP) is 0.425. The molecule has 1 aromatic heterocycles. The molecule has 0 bridgehead atoms. The molecule has 0 fully saturated rings. The molecule has 1 rings (SSSR count). The summed E-state index contributed by atoms with van der Waals surface area (Å²) in [6.45, 7) is 2.18. The van der Waals surface area contributed by atoms with Crippen LogP contribution in [0.5, 0.6) is 0 Å². The molecule has 0 aliphatic heterocycles. The van der Waals surface area contributed by atoms with E-state index in [9.17, 15) is 21.6 Å². The molecule has 1 aromatic rings. The molecular formula is C10H17F3N4O3S. The van der Waals surface area contributed by atoms with Crippen molar-refractivity contribution in [2.24, 2.45) is 17.9 Å². The standard InChI is InChI=1S/C10H17F3N4O3S/c1-4-9(14,21(19,20)10(11,12)13)6-17-5-7(2)16(3)8(17)15-18/h5,18H,4,6,14H2,1-3H3. The monoisotopic (exact) mass is 330 g/mol. The van der Waals surface area contributed by atoms with Gasteiger partial charge in [0.2, 0.25) is 5.62 Å². The van der Waals surface area contributed by atoms with Crippen LogP contribution >= 0.6 is 0 Å². The smallest absolute Gasteiger partial charge is 0.408 e. The summed E-state index contributed by atoms with van der Waals surface area (Å²) in [6, 6.07) is 0. The van der Waals surface area contributed by atoms with Gasteiger partial charge < -0.3 is 20.1 Å². The zero-order valence-corrected chi connectivity index (χ0v) is 12.5. The van der Waals surface area contributed by atoms with E-state index in [1.165, 1.54) is 24.7 Å². The van der Waals surface area contributed by atoms with E-state index in [0.29, 0.717) is 5.69 Å². The summed E-state index contributed by atoms with van der Waals surface area (Å²) < 4.78 is 63.9. The van der Waals surface area contributed by atoms with Gasteiger partial charge in [0.05, 0.1) is 6.54 Å². The average molecular weight is 330 g/mol. The minimum Gasteiger partial charge on any atom is -0.408 e. The normalized spacial score (nSPS) is 17.0. The molecule has 0 saturated carbocycles. The number of aromatic nitrogens is 2. The van der Waals surface area contributed by atoms with Gasteiger partial charge in [-0.05, 0) is 13.3 Å². The van der Waals surface area contributed by atoms with E-state index in [1.54, 1.807) is 6.92 Å². The molecule has 122 valence electrons. The Morgan fingerprint density at radius 1 is 1.43 bits per heavy atom. The summed E-state index contributed by atoms with van der Waals surface area (Å²) in [4.78, 5) is -2.55. The number of halogens is 3. The lowest BCUT2D eigenvalue weighted by Gasteiger charge is -2.29. The molecule has 1 heterocycles. The third-order valence-electron chi connectivity index (χ3n) is 3.39. The predicted molar refractivity (Wildman–Crippen MR) is 67.7 cm³/mol. The van der Waals surface area contributed by atoms with Crippen molar-refractivity contribution in [3.8, 4) is 0 Å². The minimum absolute atomic E-state index is 0.104. The van der Waals surface area contributed by atoms with Gasteiger partial charge in [-0.15, -0.1) is 0 Å². The lowest BCUT2D eigenvalue weighted by molar-refractivity contribution is -0.0463. The molecule has 3 N–H and O–H groups in total. The summed E-state index contributed by atoms with van der Waals surface area (Å²) in [5, 5.41) is 11.9.